The minimum Gasteiger partial charge on any atom is -0.355 e. The minimum absolute atomic E-state index is 0.0519. The van der Waals surface area contributed by atoms with Crippen LogP contribution in [-0.2, 0) is 26.2 Å². The fourth-order valence-corrected chi connectivity index (χ4v) is 4.98. The molecule has 0 aliphatic carbocycles. The predicted octanol–water partition coefficient (Wildman–Crippen LogP) is 3.71. The Labute approximate surface area is 209 Å². The quantitative estimate of drug-likeness (QED) is 0.446. The van der Waals surface area contributed by atoms with Crippen LogP contribution in [0.3, 0.4) is 0 Å². The molecule has 1 N–H and O–H groups in total. The number of hydrogen-bond donors (Lipinski definition) is 1. The van der Waals surface area contributed by atoms with Gasteiger partial charge >= 0.3 is 0 Å². The summed E-state index contributed by atoms with van der Waals surface area (Å²) in [7, 11) is -4.22. The summed E-state index contributed by atoms with van der Waals surface area (Å²) in [5.41, 5.74) is 0.640. The molecule has 190 valence electrons. The van der Waals surface area contributed by atoms with Crippen molar-refractivity contribution in [3.63, 3.8) is 0 Å². The van der Waals surface area contributed by atoms with Crippen LogP contribution >= 0.6 is 0 Å². The van der Waals surface area contributed by atoms with E-state index >= 15 is 0 Å². The van der Waals surface area contributed by atoms with Gasteiger partial charge in [0.25, 0.3) is 10.0 Å². The maximum Gasteiger partial charge on any atom is 0.264 e. The van der Waals surface area contributed by atoms with E-state index in [9.17, 15) is 26.8 Å². The van der Waals surface area contributed by atoms with Gasteiger partial charge in [-0.2, -0.15) is 0 Å². The molecule has 0 saturated carbocycles. The van der Waals surface area contributed by atoms with Gasteiger partial charge in [0.15, 0.2) is 0 Å². The lowest BCUT2D eigenvalue weighted by Crippen LogP contribution is -2.51. The molecule has 36 heavy (non-hydrogen) atoms. The van der Waals surface area contributed by atoms with Crippen molar-refractivity contribution in [2.75, 3.05) is 17.4 Å². The number of halogens is 2. The molecular weight excluding hydrogens is 488 g/mol. The first-order valence-corrected chi connectivity index (χ1v) is 12.7. The summed E-state index contributed by atoms with van der Waals surface area (Å²) in [5.74, 6) is -2.11. The van der Waals surface area contributed by atoms with E-state index in [2.05, 4.69) is 5.32 Å². The Bertz CT molecular complexity index is 1290. The van der Waals surface area contributed by atoms with Crippen molar-refractivity contribution in [1.29, 1.82) is 0 Å². The molecule has 0 bridgehead atoms. The summed E-state index contributed by atoms with van der Waals surface area (Å²) < 4.78 is 54.9. The number of carbonyl (C=O) groups is 2. The molecule has 0 saturated heterocycles. The van der Waals surface area contributed by atoms with Gasteiger partial charge < -0.3 is 10.2 Å². The first-order chi connectivity index (χ1) is 17.1. The van der Waals surface area contributed by atoms with Crippen LogP contribution in [0.4, 0.5) is 14.5 Å². The predicted molar refractivity (Wildman–Crippen MR) is 132 cm³/mol. The molecule has 0 radical (unpaired) electrons. The normalized spacial score (nSPS) is 12.0. The van der Waals surface area contributed by atoms with Gasteiger partial charge in [-0.3, -0.25) is 13.9 Å². The average molecular weight is 516 g/mol. The summed E-state index contributed by atoms with van der Waals surface area (Å²) in [6.45, 7) is 2.90. The molecule has 2 amide bonds. The van der Waals surface area contributed by atoms with Crippen molar-refractivity contribution in [3.05, 3.63) is 96.1 Å². The maximum atomic E-state index is 13.6. The zero-order chi connectivity index (χ0) is 26.3. The lowest BCUT2D eigenvalue weighted by molar-refractivity contribution is -0.139. The summed E-state index contributed by atoms with van der Waals surface area (Å²) in [4.78, 5) is 27.4. The minimum atomic E-state index is -4.22. The summed E-state index contributed by atoms with van der Waals surface area (Å²) >= 11 is 0. The Kier molecular flexibility index (Phi) is 8.76. The van der Waals surface area contributed by atoms with Crippen LogP contribution in [0.25, 0.3) is 0 Å². The molecule has 0 spiro atoms. The van der Waals surface area contributed by atoms with E-state index in [4.69, 9.17) is 0 Å². The molecule has 3 aromatic rings. The highest BCUT2D eigenvalue weighted by molar-refractivity contribution is 7.92. The van der Waals surface area contributed by atoms with Gasteiger partial charge in [0.05, 0.1) is 10.6 Å². The Balaban J connectivity index is 2.00. The van der Waals surface area contributed by atoms with Crippen LogP contribution in [0, 0.1) is 11.6 Å². The molecule has 3 aromatic carbocycles. The Morgan fingerprint density at radius 1 is 0.889 bits per heavy atom. The Morgan fingerprint density at radius 2 is 1.44 bits per heavy atom. The highest BCUT2D eigenvalue weighted by atomic mass is 32.2. The van der Waals surface area contributed by atoms with Gasteiger partial charge in [0, 0.05) is 13.1 Å². The molecule has 1 atom stereocenters. The highest BCUT2D eigenvalue weighted by Crippen LogP contribution is 2.25. The van der Waals surface area contributed by atoms with E-state index in [1.807, 2.05) is 0 Å². The van der Waals surface area contributed by atoms with Crippen molar-refractivity contribution < 1.29 is 26.8 Å². The number of likely N-dealkylation sites (N-methyl/N-ethyl adjacent to an activating group) is 1. The number of nitrogens with one attached hydrogen (secondary N) is 1. The SMILES string of the molecule is CCNC(=O)[C@@H](C)N(Cc1ccc(F)cc1)C(=O)CN(c1ccc(F)cc1)S(=O)(=O)c1ccccc1. The molecule has 0 heterocycles. The third-order valence-corrected chi connectivity index (χ3v) is 7.30. The van der Waals surface area contributed by atoms with E-state index < -0.39 is 46.1 Å². The number of carbonyl (C=O) groups excluding carboxylic acids is 2. The molecule has 0 aliphatic heterocycles. The van der Waals surface area contributed by atoms with E-state index in [0.29, 0.717) is 12.1 Å². The second-order valence-electron chi connectivity index (χ2n) is 8.02. The molecule has 10 heteroatoms. The molecule has 0 aromatic heterocycles. The van der Waals surface area contributed by atoms with Gasteiger partial charge in [-0.25, -0.2) is 17.2 Å². The third kappa shape index (κ3) is 6.45. The Morgan fingerprint density at radius 3 is 2.00 bits per heavy atom. The van der Waals surface area contributed by atoms with Gasteiger partial charge in [-0.05, 0) is 67.9 Å². The lowest BCUT2D eigenvalue weighted by Gasteiger charge is -2.32. The molecule has 0 unspecified atom stereocenters. The maximum absolute atomic E-state index is 13.6. The lowest BCUT2D eigenvalue weighted by atomic mass is 10.1. The average Bonchev–Trinajstić information content (AvgIpc) is 2.87. The molecular formula is C26H27F2N3O4S. The molecule has 3 rings (SSSR count). The first kappa shape index (κ1) is 26.8. The standard InChI is InChI=1S/C26H27F2N3O4S/c1-3-29-26(33)19(2)30(17-20-9-11-21(27)12-10-20)25(32)18-31(23-15-13-22(28)14-16-23)36(34,35)24-7-5-4-6-8-24/h4-16,19H,3,17-18H2,1-2H3,(H,29,33)/t19-/m1/s1. The zero-order valence-corrected chi connectivity index (χ0v) is 20.7. The van der Waals surface area contributed by atoms with Crippen molar-refractivity contribution in [2.24, 2.45) is 0 Å². The summed E-state index contributed by atoms with van der Waals surface area (Å²) in [6.07, 6.45) is 0. The zero-order valence-electron chi connectivity index (χ0n) is 19.9. The number of rotatable bonds is 10. The van der Waals surface area contributed by atoms with Crippen LogP contribution < -0.4 is 9.62 Å². The number of sulfonamides is 1. The summed E-state index contributed by atoms with van der Waals surface area (Å²) in [6, 6.07) is 16.8. The van der Waals surface area contributed by atoms with Crippen molar-refractivity contribution in [3.8, 4) is 0 Å². The van der Waals surface area contributed by atoms with E-state index in [0.717, 1.165) is 16.4 Å². The first-order valence-electron chi connectivity index (χ1n) is 11.3. The van der Waals surface area contributed by atoms with Crippen LogP contribution in [0.15, 0.2) is 83.8 Å². The van der Waals surface area contributed by atoms with Crippen LogP contribution in [0.2, 0.25) is 0 Å². The van der Waals surface area contributed by atoms with Gasteiger partial charge in [-0.1, -0.05) is 30.3 Å². The molecule has 7 nitrogen and oxygen atoms in total. The second-order valence-corrected chi connectivity index (χ2v) is 9.88. The highest BCUT2D eigenvalue weighted by Gasteiger charge is 2.32. The van der Waals surface area contributed by atoms with Crippen LogP contribution in [0.5, 0.6) is 0 Å². The van der Waals surface area contributed by atoms with E-state index in [1.165, 1.54) is 60.4 Å². The van der Waals surface area contributed by atoms with Crippen molar-refractivity contribution in [1.82, 2.24) is 10.2 Å². The van der Waals surface area contributed by atoms with E-state index in [-0.39, 0.29) is 17.1 Å². The fraction of sp³-hybridized carbons (Fsp3) is 0.231. The third-order valence-electron chi connectivity index (χ3n) is 5.51. The fourth-order valence-electron chi connectivity index (χ4n) is 3.55. The number of amides is 2. The smallest absolute Gasteiger partial charge is 0.264 e. The largest absolute Gasteiger partial charge is 0.355 e. The molecule has 0 fully saturated rings. The number of hydrogen-bond acceptors (Lipinski definition) is 4. The van der Waals surface area contributed by atoms with Crippen LogP contribution in [-0.4, -0.2) is 44.3 Å². The van der Waals surface area contributed by atoms with Crippen LogP contribution in [0.1, 0.15) is 19.4 Å². The number of nitrogens with zero attached hydrogens (tertiary/aromatic N) is 2. The van der Waals surface area contributed by atoms with Crippen molar-refractivity contribution in [2.45, 2.75) is 31.3 Å². The topological polar surface area (TPSA) is 86.8 Å². The van der Waals surface area contributed by atoms with Gasteiger partial charge in [0.1, 0.15) is 24.2 Å². The Hall–Kier alpha value is -3.79. The monoisotopic (exact) mass is 515 g/mol. The van der Waals surface area contributed by atoms with Gasteiger partial charge in [-0.15, -0.1) is 0 Å². The van der Waals surface area contributed by atoms with E-state index in [1.54, 1.807) is 25.1 Å². The summed E-state index contributed by atoms with van der Waals surface area (Å²) in [5, 5.41) is 2.66. The number of benzene rings is 3. The van der Waals surface area contributed by atoms with Crippen molar-refractivity contribution >= 4 is 27.5 Å². The number of anilines is 1. The second kappa shape index (κ2) is 11.8. The molecule has 0 aliphatic rings. The van der Waals surface area contributed by atoms with Gasteiger partial charge in [0.2, 0.25) is 11.8 Å².